The Morgan fingerprint density at radius 3 is 1.91 bits per heavy atom. The molecular formula is C21H30N2. The van der Waals surface area contributed by atoms with Crippen molar-refractivity contribution in [3.63, 3.8) is 0 Å². The molecule has 0 atom stereocenters. The third-order valence-electron chi connectivity index (χ3n) is 4.23. The maximum Gasteiger partial charge on any atom is 0.0202 e. The minimum Gasteiger partial charge on any atom is -0.316 e. The van der Waals surface area contributed by atoms with Crippen molar-refractivity contribution in [2.24, 2.45) is 0 Å². The summed E-state index contributed by atoms with van der Waals surface area (Å²) in [7, 11) is 1.95. The van der Waals surface area contributed by atoms with Gasteiger partial charge >= 0.3 is 0 Å². The van der Waals surface area contributed by atoms with Gasteiger partial charge in [-0.25, -0.2) is 0 Å². The predicted molar refractivity (Wildman–Crippen MR) is 99.6 cm³/mol. The fourth-order valence-electron chi connectivity index (χ4n) is 2.91. The number of likely N-dealkylation sites (tertiary alicyclic amines) is 1. The second-order valence-corrected chi connectivity index (χ2v) is 6.15. The van der Waals surface area contributed by atoms with Gasteiger partial charge in [-0.3, -0.25) is 0 Å². The van der Waals surface area contributed by atoms with Gasteiger partial charge in [0.2, 0.25) is 0 Å². The monoisotopic (exact) mass is 310 g/mol. The Labute approximate surface area is 141 Å². The summed E-state index contributed by atoms with van der Waals surface area (Å²) >= 11 is 0. The molecule has 2 aromatic carbocycles. The molecule has 1 heterocycles. The lowest BCUT2D eigenvalue weighted by Crippen LogP contribution is -2.31. The molecule has 23 heavy (non-hydrogen) atoms. The number of benzene rings is 2. The number of piperidine rings is 1. The van der Waals surface area contributed by atoms with Gasteiger partial charge < -0.3 is 10.2 Å². The van der Waals surface area contributed by atoms with Crippen LogP contribution in [0.2, 0.25) is 0 Å². The topological polar surface area (TPSA) is 15.3 Å². The molecule has 2 aromatic rings. The quantitative estimate of drug-likeness (QED) is 0.893. The summed E-state index contributed by atoms with van der Waals surface area (Å²) in [4.78, 5) is 2.59. The average molecular weight is 310 g/mol. The summed E-state index contributed by atoms with van der Waals surface area (Å²) in [5.74, 6) is 0. The van der Waals surface area contributed by atoms with E-state index in [1.54, 1.807) is 0 Å². The second kappa shape index (κ2) is 11.0. The van der Waals surface area contributed by atoms with Gasteiger partial charge in [-0.1, -0.05) is 67.1 Å². The zero-order valence-electron chi connectivity index (χ0n) is 14.4. The predicted octanol–water partition coefficient (Wildman–Crippen LogP) is 4.12. The van der Waals surface area contributed by atoms with E-state index in [-0.39, 0.29) is 0 Å². The summed E-state index contributed by atoms with van der Waals surface area (Å²) in [6.45, 7) is 4.82. The second-order valence-electron chi connectivity index (χ2n) is 6.15. The maximum absolute atomic E-state index is 3.08. The zero-order valence-corrected chi connectivity index (χ0v) is 14.4. The molecule has 0 bridgehead atoms. The molecule has 1 N–H and O–H groups in total. The highest BCUT2D eigenvalue weighted by molar-refractivity contribution is 5.15. The van der Waals surface area contributed by atoms with Gasteiger partial charge in [0.15, 0.2) is 0 Å². The molecule has 0 radical (unpaired) electrons. The van der Waals surface area contributed by atoms with Crippen LogP contribution < -0.4 is 5.32 Å². The lowest BCUT2D eigenvalue weighted by molar-refractivity contribution is 0.231. The number of hydrogen-bond acceptors (Lipinski definition) is 2. The van der Waals surface area contributed by atoms with Crippen molar-refractivity contribution in [2.75, 3.05) is 26.7 Å². The molecule has 2 heteroatoms. The van der Waals surface area contributed by atoms with E-state index in [4.69, 9.17) is 0 Å². The lowest BCUT2D eigenvalue weighted by Gasteiger charge is -2.26. The number of rotatable bonds is 5. The summed E-state index contributed by atoms with van der Waals surface area (Å²) in [6, 6.07) is 21.1. The van der Waals surface area contributed by atoms with Gasteiger partial charge in [-0.2, -0.15) is 0 Å². The Balaban J connectivity index is 0.000000185. The van der Waals surface area contributed by atoms with E-state index < -0.39 is 0 Å². The third kappa shape index (κ3) is 7.45. The van der Waals surface area contributed by atoms with Gasteiger partial charge in [0, 0.05) is 13.1 Å². The molecule has 3 rings (SSSR count). The minimum atomic E-state index is 0.959. The minimum absolute atomic E-state index is 0.959. The first-order valence-corrected chi connectivity index (χ1v) is 8.83. The summed E-state index contributed by atoms with van der Waals surface area (Å²) < 4.78 is 0. The molecule has 1 saturated heterocycles. The fourth-order valence-corrected chi connectivity index (χ4v) is 2.91. The lowest BCUT2D eigenvalue weighted by atomic mass is 10.1. The van der Waals surface area contributed by atoms with Gasteiger partial charge in [0.25, 0.3) is 0 Å². The summed E-state index contributed by atoms with van der Waals surface area (Å²) in [6.07, 6.45) is 5.44. The molecule has 1 fully saturated rings. The first kappa shape index (κ1) is 17.7. The van der Waals surface area contributed by atoms with Crippen molar-refractivity contribution in [3.05, 3.63) is 71.8 Å². The van der Waals surface area contributed by atoms with E-state index in [1.165, 1.54) is 56.4 Å². The van der Waals surface area contributed by atoms with Crippen molar-refractivity contribution in [3.8, 4) is 0 Å². The van der Waals surface area contributed by atoms with Crippen LogP contribution in [0.1, 0.15) is 30.4 Å². The largest absolute Gasteiger partial charge is 0.316 e. The molecule has 0 aromatic heterocycles. The SMILES string of the molecule is CNCc1ccccc1.c1ccc(CCN2CCCCC2)cc1. The Morgan fingerprint density at radius 2 is 1.35 bits per heavy atom. The Kier molecular flexibility index (Phi) is 8.46. The van der Waals surface area contributed by atoms with Crippen molar-refractivity contribution in [2.45, 2.75) is 32.2 Å². The van der Waals surface area contributed by atoms with Crippen LogP contribution in [-0.4, -0.2) is 31.6 Å². The van der Waals surface area contributed by atoms with Gasteiger partial charge in [0.1, 0.15) is 0 Å². The number of nitrogens with one attached hydrogen (secondary N) is 1. The van der Waals surface area contributed by atoms with E-state index in [0.29, 0.717) is 0 Å². The first-order valence-electron chi connectivity index (χ1n) is 8.83. The molecule has 124 valence electrons. The van der Waals surface area contributed by atoms with Crippen LogP contribution in [0.25, 0.3) is 0 Å². The van der Waals surface area contributed by atoms with Gasteiger partial charge in [-0.05, 0) is 50.5 Å². The van der Waals surface area contributed by atoms with Crippen LogP contribution in [0.4, 0.5) is 0 Å². The van der Waals surface area contributed by atoms with Crippen LogP contribution in [0.3, 0.4) is 0 Å². The average Bonchev–Trinajstić information content (AvgIpc) is 2.64. The van der Waals surface area contributed by atoms with Gasteiger partial charge in [0.05, 0.1) is 0 Å². The van der Waals surface area contributed by atoms with Crippen molar-refractivity contribution >= 4 is 0 Å². The highest BCUT2D eigenvalue weighted by atomic mass is 15.1. The fraction of sp³-hybridized carbons (Fsp3) is 0.429. The third-order valence-corrected chi connectivity index (χ3v) is 4.23. The molecule has 2 nitrogen and oxygen atoms in total. The van der Waals surface area contributed by atoms with E-state index in [0.717, 1.165) is 6.54 Å². The Morgan fingerprint density at radius 1 is 0.783 bits per heavy atom. The standard InChI is InChI=1S/C13H19N.C8H11N/c1-3-7-13(8-4-1)9-12-14-10-5-2-6-11-14;1-9-7-8-5-3-2-4-6-8/h1,3-4,7-8H,2,5-6,9-12H2;2-6,9H,7H2,1H3. The van der Waals surface area contributed by atoms with Crippen molar-refractivity contribution in [1.82, 2.24) is 10.2 Å². The van der Waals surface area contributed by atoms with Crippen LogP contribution in [0, 0.1) is 0 Å². The van der Waals surface area contributed by atoms with Crippen LogP contribution >= 0.6 is 0 Å². The molecule has 0 amide bonds. The maximum atomic E-state index is 3.08. The summed E-state index contributed by atoms with van der Waals surface area (Å²) in [5.41, 5.74) is 2.80. The zero-order chi connectivity index (χ0) is 16.2. The number of hydrogen-bond donors (Lipinski definition) is 1. The van der Waals surface area contributed by atoms with Gasteiger partial charge in [-0.15, -0.1) is 0 Å². The summed E-state index contributed by atoms with van der Waals surface area (Å²) in [5, 5.41) is 3.08. The van der Waals surface area contributed by atoms with Crippen LogP contribution in [0.15, 0.2) is 60.7 Å². The molecule has 0 unspecified atom stereocenters. The Bertz CT molecular complexity index is 504. The van der Waals surface area contributed by atoms with E-state index in [9.17, 15) is 0 Å². The Hall–Kier alpha value is -1.64. The highest BCUT2D eigenvalue weighted by Crippen LogP contribution is 2.09. The van der Waals surface area contributed by atoms with E-state index in [1.807, 2.05) is 25.2 Å². The van der Waals surface area contributed by atoms with Crippen LogP contribution in [-0.2, 0) is 13.0 Å². The molecule has 0 spiro atoms. The van der Waals surface area contributed by atoms with E-state index in [2.05, 4.69) is 52.7 Å². The van der Waals surface area contributed by atoms with Crippen LogP contribution in [0.5, 0.6) is 0 Å². The normalized spacial score (nSPS) is 14.8. The highest BCUT2D eigenvalue weighted by Gasteiger charge is 2.08. The molecule has 1 aliphatic rings. The molecule has 0 aliphatic carbocycles. The molecule has 0 saturated carbocycles. The molecule has 1 aliphatic heterocycles. The smallest absolute Gasteiger partial charge is 0.0202 e. The van der Waals surface area contributed by atoms with Crippen molar-refractivity contribution in [1.29, 1.82) is 0 Å². The van der Waals surface area contributed by atoms with Crippen molar-refractivity contribution < 1.29 is 0 Å². The first-order chi connectivity index (χ1) is 11.4. The number of nitrogens with zero attached hydrogens (tertiary/aromatic N) is 1. The van der Waals surface area contributed by atoms with E-state index >= 15 is 0 Å². The molecular weight excluding hydrogens is 280 g/mol.